The number of aromatic amines is 1. The molecule has 0 saturated heterocycles. The number of nitrogens with one attached hydrogen (secondary N) is 2. The van der Waals surface area contributed by atoms with Crippen LogP contribution in [-0.4, -0.2) is 28.2 Å². The first-order valence-corrected chi connectivity index (χ1v) is 7.80. The van der Waals surface area contributed by atoms with Crippen molar-refractivity contribution in [3.63, 3.8) is 0 Å². The number of H-pyrrole nitrogens is 1. The molecule has 5 nitrogen and oxygen atoms in total. The van der Waals surface area contributed by atoms with Crippen molar-refractivity contribution in [3.05, 3.63) is 54.2 Å². The van der Waals surface area contributed by atoms with Gasteiger partial charge in [-0.2, -0.15) is 11.8 Å². The molecule has 2 aromatic heterocycles. The summed E-state index contributed by atoms with van der Waals surface area (Å²) in [6, 6.07) is 9.27. The summed E-state index contributed by atoms with van der Waals surface area (Å²) < 4.78 is 5.25. The predicted octanol–water partition coefficient (Wildman–Crippen LogP) is 2.82. The fraction of sp³-hybridized carbons (Fsp3) is 0.200. The van der Waals surface area contributed by atoms with Crippen LogP contribution in [0.3, 0.4) is 0 Å². The zero-order valence-electron chi connectivity index (χ0n) is 11.3. The smallest absolute Gasteiger partial charge is 0.251 e. The number of rotatable bonds is 6. The first-order valence-electron chi connectivity index (χ1n) is 6.64. The number of hydrogen-bond acceptors (Lipinski definition) is 4. The topological polar surface area (TPSA) is 70.9 Å². The largest absolute Gasteiger partial charge is 0.468 e. The highest BCUT2D eigenvalue weighted by molar-refractivity contribution is 7.98. The standard InChI is InChI=1S/C15H15N3O2S/c19-15(11-3-4-13-14(8-11)18-10-17-13)16-5-7-21-9-12-2-1-6-20-12/h1-4,6,8,10H,5,7,9H2,(H,16,19)(H,17,18). The van der Waals surface area contributed by atoms with Crippen LogP contribution in [-0.2, 0) is 5.75 Å². The van der Waals surface area contributed by atoms with E-state index in [2.05, 4.69) is 15.3 Å². The highest BCUT2D eigenvalue weighted by Gasteiger charge is 2.06. The van der Waals surface area contributed by atoms with Gasteiger partial charge in [0.2, 0.25) is 0 Å². The van der Waals surface area contributed by atoms with Crippen LogP contribution in [0.25, 0.3) is 11.0 Å². The number of amides is 1. The lowest BCUT2D eigenvalue weighted by Gasteiger charge is -2.05. The number of thioether (sulfide) groups is 1. The molecule has 2 heterocycles. The SMILES string of the molecule is O=C(NCCSCc1ccco1)c1ccc2nc[nH]c2c1. The molecule has 1 amide bonds. The van der Waals surface area contributed by atoms with Gasteiger partial charge in [0.25, 0.3) is 5.91 Å². The number of fused-ring (bicyclic) bond motifs is 1. The minimum atomic E-state index is -0.0647. The van der Waals surface area contributed by atoms with Crippen LogP contribution >= 0.6 is 11.8 Å². The van der Waals surface area contributed by atoms with Crippen LogP contribution in [0, 0.1) is 0 Å². The molecule has 2 N–H and O–H groups in total. The maximum absolute atomic E-state index is 12.0. The van der Waals surface area contributed by atoms with Crippen molar-refractivity contribution in [3.8, 4) is 0 Å². The van der Waals surface area contributed by atoms with Crippen molar-refractivity contribution in [2.75, 3.05) is 12.3 Å². The number of benzene rings is 1. The van der Waals surface area contributed by atoms with Crippen molar-refractivity contribution in [2.24, 2.45) is 0 Å². The highest BCUT2D eigenvalue weighted by atomic mass is 32.2. The van der Waals surface area contributed by atoms with Gasteiger partial charge in [-0.15, -0.1) is 0 Å². The van der Waals surface area contributed by atoms with Crippen LogP contribution in [0.5, 0.6) is 0 Å². The third kappa shape index (κ3) is 3.46. The van der Waals surface area contributed by atoms with E-state index >= 15 is 0 Å². The third-order valence-electron chi connectivity index (χ3n) is 3.04. The number of furan rings is 1. The van der Waals surface area contributed by atoms with Gasteiger partial charge in [0.15, 0.2) is 0 Å². The summed E-state index contributed by atoms with van der Waals surface area (Å²) in [7, 11) is 0. The van der Waals surface area contributed by atoms with E-state index in [9.17, 15) is 4.79 Å². The van der Waals surface area contributed by atoms with E-state index in [0.717, 1.165) is 28.3 Å². The Morgan fingerprint density at radius 2 is 2.33 bits per heavy atom. The van der Waals surface area contributed by atoms with Crippen molar-refractivity contribution in [1.82, 2.24) is 15.3 Å². The minimum Gasteiger partial charge on any atom is -0.468 e. The Balaban J connectivity index is 1.45. The zero-order chi connectivity index (χ0) is 14.5. The lowest BCUT2D eigenvalue weighted by atomic mass is 10.2. The molecule has 1 aromatic carbocycles. The van der Waals surface area contributed by atoms with Crippen molar-refractivity contribution in [2.45, 2.75) is 5.75 Å². The molecule has 0 saturated carbocycles. The zero-order valence-corrected chi connectivity index (χ0v) is 12.2. The van der Waals surface area contributed by atoms with Gasteiger partial charge in [-0.1, -0.05) is 0 Å². The normalized spacial score (nSPS) is 10.9. The summed E-state index contributed by atoms with van der Waals surface area (Å²) >= 11 is 1.73. The molecule has 108 valence electrons. The molecule has 0 aliphatic carbocycles. The van der Waals surface area contributed by atoms with E-state index < -0.39 is 0 Å². The quantitative estimate of drug-likeness (QED) is 0.687. The summed E-state index contributed by atoms with van der Waals surface area (Å²) in [6.07, 6.45) is 3.29. The van der Waals surface area contributed by atoms with Crippen molar-refractivity contribution >= 4 is 28.7 Å². The molecule has 0 aliphatic heterocycles. The van der Waals surface area contributed by atoms with Gasteiger partial charge in [0, 0.05) is 17.9 Å². The summed E-state index contributed by atoms with van der Waals surface area (Å²) in [5.41, 5.74) is 2.37. The Hall–Kier alpha value is -2.21. The van der Waals surface area contributed by atoms with Crippen LogP contribution < -0.4 is 5.32 Å². The maximum Gasteiger partial charge on any atom is 0.251 e. The first kappa shape index (κ1) is 13.8. The molecule has 0 aliphatic rings. The van der Waals surface area contributed by atoms with Crippen LogP contribution in [0.2, 0.25) is 0 Å². The molecule has 0 radical (unpaired) electrons. The summed E-state index contributed by atoms with van der Waals surface area (Å²) in [4.78, 5) is 19.2. The second-order valence-electron chi connectivity index (χ2n) is 4.52. The molecule has 0 atom stereocenters. The monoisotopic (exact) mass is 301 g/mol. The Morgan fingerprint density at radius 3 is 3.19 bits per heavy atom. The Kier molecular flexibility index (Phi) is 4.25. The van der Waals surface area contributed by atoms with E-state index in [1.54, 1.807) is 30.4 Å². The minimum absolute atomic E-state index is 0.0647. The molecule has 0 spiro atoms. The number of nitrogens with zero attached hydrogens (tertiary/aromatic N) is 1. The van der Waals surface area contributed by atoms with E-state index in [4.69, 9.17) is 4.42 Å². The summed E-state index contributed by atoms with van der Waals surface area (Å²) in [5.74, 6) is 2.56. The fourth-order valence-electron chi connectivity index (χ4n) is 1.98. The average Bonchev–Trinajstić information content (AvgIpc) is 3.17. The van der Waals surface area contributed by atoms with E-state index in [-0.39, 0.29) is 5.91 Å². The van der Waals surface area contributed by atoms with Gasteiger partial charge < -0.3 is 14.7 Å². The number of imidazole rings is 1. The van der Waals surface area contributed by atoms with Gasteiger partial charge in [0.05, 0.1) is 29.4 Å². The number of hydrogen-bond donors (Lipinski definition) is 2. The van der Waals surface area contributed by atoms with Gasteiger partial charge in [-0.05, 0) is 30.3 Å². The molecule has 6 heteroatoms. The van der Waals surface area contributed by atoms with E-state index in [1.165, 1.54) is 0 Å². The van der Waals surface area contributed by atoms with Gasteiger partial charge in [-0.25, -0.2) is 4.98 Å². The maximum atomic E-state index is 12.0. The van der Waals surface area contributed by atoms with Crippen LogP contribution in [0.15, 0.2) is 47.3 Å². The molecule has 0 bridgehead atoms. The second-order valence-corrected chi connectivity index (χ2v) is 5.63. The van der Waals surface area contributed by atoms with Gasteiger partial charge >= 0.3 is 0 Å². The average molecular weight is 301 g/mol. The second kappa shape index (κ2) is 6.49. The molecular weight excluding hydrogens is 286 g/mol. The Morgan fingerprint density at radius 1 is 1.38 bits per heavy atom. The lowest BCUT2D eigenvalue weighted by molar-refractivity contribution is 0.0956. The highest BCUT2D eigenvalue weighted by Crippen LogP contribution is 2.13. The Labute approximate surface area is 126 Å². The van der Waals surface area contributed by atoms with Gasteiger partial charge in [0.1, 0.15) is 5.76 Å². The fourth-order valence-corrected chi connectivity index (χ4v) is 2.74. The molecule has 3 aromatic rings. The van der Waals surface area contributed by atoms with Gasteiger partial charge in [-0.3, -0.25) is 4.79 Å². The summed E-state index contributed by atoms with van der Waals surface area (Å²) in [5, 5.41) is 2.91. The van der Waals surface area contributed by atoms with E-state index in [1.807, 2.05) is 24.3 Å². The predicted molar refractivity (Wildman–Crippen MR) is 83.3 cm³/mol. The van der Waals surface area contributed by atoms with E-state index in [0.29, 0.717) is 12.1 Å². The van der Waals surface area contributed by atoms with Crippen LogP contribution in [0.4, 0.5) is 0 Å². The molecule has 3 rings (SSSR count). The van der Waals surface area contributed by atoms with Crippen molar-refractivity contribution < 1.29 is 9.21 Å². The molecule has 0 fully saturated rings. The number of carbonyl (C=O) groups is 1. The summed E-state index contributed by atoms with van der Waals surface area (Å²) in [6.45, 7) is 0.630. The van der Waals surface area contributed by atoms with Crippen molar-refractivity contribution in [1.29, 1.82) is 0 Å². The first-order chi connectivity index (χ1) is 10.3. The Bertz CT molecular complexity index is 721. The third-order valence-corrected chi connectivity index (χ3v) is 4.02. The number of aromatic nitrogens is 2. The molecule has 0 unspecified atom stereocenters. The molecule has 21 heavy (non-hydrogen) atoms. The van der Waals surface area contributed by atoms with Crippen LogP contribution in [0.1, 0.15) is 16.1 Å². The molecular formula is C15H15N3O2S. The lowest BCUT2D eigenvalue weighted by Crippen LogP contribution is -2.25. The number of carbonyl (C=O) groups excluding carboxylic acids is 1.